The zero-order valence-corrected chi connectivity index (χ0v) is 52.1. The van der Waals surface area contributed by atoms with Crippen molar-refractivity contribution in [1.82, 2.24) is 0 Å². The highest BCUT2D eigenvalue weighted by Gasteiger charge is 2.62. The molecule has 0 amide bonds. The van der Waals surface area contributed by atoms with E-state index in [-0.39, 0.29) is 69.0 Å². The molecule has 0 saturated heterocycles. The predicted octanol–water partition coefficient (Wildman–Crippen LogP) is 18.2. The van der Waals surface area contributed by atoms with E-state index in [1.807, 2.05) is 72.8 Å². The molecule has 3 aliphatic rings. The third kappa shape index (κ3) is 7.19. The summed E-state index contributed by atoms with van der Waals surface area (Å²) < 4.78 is 0. The summed E-state index contributed by atoms with van der Waals surface area (Å²) in [5.41, 5.74) is 6.08. The van der Waals surface area contributed by atoms with E-state index < -0.39 is 16.2 Å². The second kappa shape index (κ2) is 19.9. The number of phenolic OH excluding ortho intramolecular Hbond substituents is 12. The van der Waals surface area contributed by atoms with Gasteiger partial charge >= 0.3 is 0 Å². The lowest BCUT2D eigenvalue weighted by Gasteiger charge is -2.41. The smallest absolute Gasteiger partial charge is 0.123 e. The van der Waals surface area contributed by atoms with Crippen LogP contribution in [0.15, 0.2) is 255 Å². The van der Waals surface area contributed by atoms with E-state index in [0.717, 1.165) is 0 Å². The molecule has 474 valence electrons. The minimum absolute atomic E-state index is 0.0866. The third-order valence-corrected chi connectivity index (χ3v) is 21.7. The van der Waals surface area contributed by atoms with Crippen LogP contribution in [-0.2, 0) is 16.2 Å². The molecule has 3 aliphatic carbocycles. The van der Waals surface area contributed by atoms with Gasteiger partial charge in [-0.3, -0.25) is 0 Å². The normalized spacial score (nSPS) is 14.2. The second-order valence-corrected chi connectivity index (χ2v) is 26.3. The Bertz CT molecular complexity index is 5460. The Kier molecular flexibility index (Phi) is 11.5. The van der Waals surface area contributed by atoms with Gasteiger partial charge in [0, 0.05) is 32.3 Å². The van der Waals surface area contributed by atoms with Gasteiger partial charge in [-0.15, -0.1) is 0 Å². The highest BCUT2D eigenvalue weighted by Crippen LogP contribution is 2.75. The van der Waals surface area contributed by atoms with Crippen LogP contribution in [-0.4, -0.2) is 61.3 Å². The Morgan fingerprint density at radius 3 is 0.535 bits per heavy atom. The number of fused-ring (bicyclic) bond motifs is 18. The molecular weight excluding hydrogens is 1240 g/mol. The van der Waals surface area contributed by atoms with Crippen LogP contribution in [0.5, 0.6) is 69.0 Å². The van der Waals surface area contributed by atoms with E-state index in [4.69, 9.17) is 0 Å². The highest BCUT2D eigenvalue weighted by molar-refractivity contribution is 6.15. The van der Waals surface area contributed by atoms with Gasteiger partial charge < -0.3 is 61.3 Å². The molecule has 0 aromatic heterocycles. The minimum atomic E-state index is -1.73. The fourth-order valence-electron chi connectivity index (χ4n) is 18.2. The van der Waals surface area contributed by atoms with Crippen molar-refractivity contribution in [2.75, 3.05) is 0 Å². The number of hydrogen-bond acceptors (Lipinski definition) is 12. The second-order valence-electron chi connectivity index (χ2n) is 26.3. The quantitative estimate of drug-likeness (QED) is 0.0744. The largest absolute Gasteiger partial charge is 0.508 e. The SMILES string of the molecule is Oc1ccc2c(O)ccc(C3(c4ccc(O)c5ccc(O)cc45)c4ccccc4-c4c3c3c(c5c4C(c4ccc(O)c6ccc(O)cc46)(c4ccc(O)c6ccc(O)cc46)c4ccccc4-5)C(c4ccc(O)c5ccc(O)cc45)(c4ccc(O)c5ccc(O)cc45)c4ccccc4-3)c2c1. The van der Waals surface area contributed by atoms with Crippen molar-refractivity contribution in [3.05, 3.63) is 322 Å². The Balaban J connectivity index is 1.20. The standard InChI is InChI=1S/C87H54O12/c88-43-13-19-49-58(37-43)67(25-31-73(49)94)85(68-26-32-74(95)50-20-14-44(89)38-59(50)68)64-10-4-1-7-55(64)79-82(85)80-57-9-3-6-12-66(57)87(71-29-35-77(98)53-23-17-47(92)41-62(53)71,72-30-36-78(99)54-24-18-48(93)42-63(54)72)84(80)81-56-8-2-5-11-65(56)86(83(79)81,69-27-33-75(96)51-21-15-45(90)39-60(51)69)70-28-34-76(97)52-22-16-46(91)40-61(52)70/h1-42,88-99H. The molecule has 0 saturated carbocycles. The van der Waals surface area contributed by atoms with Crippen molar-refractivity contribution in [1.29, 1.82) is 0 Å². The average Bonchev–Trinajstić information content (AvgIpc) is 1.46. The third-order valence-electron chi connectivity index (χ3n) is 21.7. The fourth-order valence-corrected chi connectivity index (χ4v) is 18.2. The van der Waals surface area contributed by atoms with Crippen LogP contribution in [0.4, 0.5) is 0 Å². The van der Waals surface area contributed by atoms with E-state index in [1.54, 1.807) is 109 Å². The number of hydrogen-bond donors (Lipinski definition) is 12. The summed E-state index contributed by atoms with van der Waals surface area (Å²) in [7, 11) is 0. The zero-order chi connectivity index (χ0) is 67.4. The van der Waals surface area contributed by atoms with Crippen LogP contribution in [0.25, 0.3) is 98.0 Å². The van der Waals surface area contributed by atoms with Crippen molar-refractivity contribution in [2.45, 2.75) is 16.2 Å². The van der Waals surface area contributed by atoms with Crippen molar-refractivity contribution in [2.24, 2.45) is 0 Å². The molecule has 12 nitrogen and oxygen atoms in total. The number of phenols is 12. The molecule has 99 heavy (non-hydrogen) atoms. The van der Waals surface area contributed by atoms with Gasteiger partial charge in [0.25, 0.3) is 0 Å². The summed E-state index contributed by atoms with van der Waals surface area (Å²) >= 11 is 0. The monoisotopic (exact) mass is 1290 g/mol. The van der Waals surface area contributed by atoms with Gasteiger partial charge in [0.05, 0.1) is 16.2 Å². The number of benzene rings is 16. The number of rotatable bonds is 6. The lowest BCUT2D eigenvalue weighted by atomic mass is 9.59. The van der Waals surface area contributed by atoms with E-state index >= 15 is 0 Å². The zero-order valence-electron chi connectivity index (χ0n) is 52.1. The Hall–Kier alpha value is -13.3. The van der Waals surface area contributed by atoms with E-state index in [1.165, 1.54) is 36.4 Å². The molecular formula is C87H54O12. The summed E-state index contributed by atoms with van der Waals surface area (Å²) in [6.45, 7) is 0. The first-order valence-corrected chi connectivity index (χ1v) is 32.3. The van der Waals surface area contributed by atoms with Gasteiger partial charge in [0.2, 0.25) is 0 Å². The highest BCUT2D eigenvalue weighted by atomic mass is 16.3. The van der Waals surface area contributed by atoms with Crippen LogP contribution in [0.1, 0.15) is 66.8 Å². The molecule has 0 heterocycles. The van der Waals surface area contributed by atoms with Crippen molar-refractivity contribution in [3.8, 4) is 102 Å². The number of aromatic hydroxyl groups is 12. The van der Waals surface area contributed by atoms with E-state index in [0.29, 0.717) is 165 Å². The van der Waals surface area contributed by atoms with Crippen molar-refractivity contribution >= 4 is 64.6 Å². The summed E-state index contributed by atoms with van der Waals surface area (Å²) in [6, 6.07) is 74.0. The maximum atomic E-state index is 12.3. The average molecular weight is 1290 g/mol. The Labute approximate surface area is 563 Å². The summed E-state index contributed by atoms with van der Waals surface area (Å²) in [5, 5.41) is 151. The topological polar surface area (TPSA) is 243 Å². The van der Waals surface area contributed by atoms with Gasteiger partial charge in [-0.2, -0.15) is 0 Å². The summed E-state index contributed by atoms with van der Waals surface area (Å²) in [6.07, 6.45) is 0. The van der Waals surface area contributed by atoms with Gasteiger partial charge in [-0.05, 0) is 278 Å². The van der Waals surface area contributed by atoms with Gasteiger partial charge in [-0.1, -0.05) is 109 Å². The van der Waals surface area contributed by atoms with E-state index in [9.17, 15) is 61.3 Å². The molecule has 19 rings (SSSR count). The first-order valence-electron chi connectivity index (χ1n) is 32.3. The molecule has 0 atom stereocenters. The molecule has 16 aromatic carbocycles. The molecule has 0 bridgehead atoms. The molecule has 0 unspecified atom stereocenters. The molecule has 12 heteroatoms. The van der Waals surface area contributed by atoms with Crippen LogP contribution in [0.2, 0.25) is 0 Å². The first kappa shape index (κ1) is 57.2. The predicted molar refractivity (Wildman–Crippen MR) is 383 cm³/mol. The van der Waals surface area contributed by atoms with Crippen molar-refractivity contribution in [3.63, 3.8) is 0 Å². The summed E-state index contributed by atoms with van der Waals surface area (Å²) in [5.74, 6) is -1.20. The van der Waals surface area contributed by atoms with Crippen molar-refractivity contribution < 1.29 is 61.3 Å². The lowest BCUT2D eigenvalue weighted by molar-refractivity contribution is 0.473. The molecule has 12 N–H and O–H groups in total. The first-order chi connectivity index (χ1) is 48.0. The van der Waals surface area contributed by atoms with Gasteiger partial charge in [-0.25, -0.2) is 0 Å². The van der Waals surface area contributed by atoms with Crippen LogP contribution < -0.4 is 0 Å². The van der Waals surface area contributed by atoms with Gasteiger partial charge in [0.1, 0.15) is 69.0 Å². The molecule has 0 fully saturated rings. The van der Waals surface area contributed by atoms with E-state index in [2.05, 4.69) is 36.4 Å². The maximum absolute atomic E-state index is 12.3. The molecule has 16 aromatic rings. The molecule has 0 aliphatic heterocycles. The summed E-state index contributed by atoms with van der Waals surface area (Å²) in [4.78, 5) is 0. The fraction of sp³-hybridized carbons (Fsp3) is 0.0345. The maximum Gasteiger partial charge on any atom is 0.123 e. The van der Waals surface area contributed by atoms with Crippen LogP contribution >= 0.6 is 0 Å². The Morgan fingerprint density at radius 2 is 0.343 bits per heavy atom. The molecule has 0 radical (unpaired) electrons. The molecule has 0 spiro atoms. The minimum Gasteiger partial charge on any atom is -0.508 e. The van der Waals surface area contributed by atoms with Crippen LogP contribution in [0, 0.1) is 0 Å². The lowest BCUT2D eigenvalue weighted by Crippen LogP contribution is -2.34. The van der Waals surface area contributed by atoms with Gasteiger partial charge in [0.15, 0.2) is 0 Å². The van der Waals surface area contributed by atoms with Crippen LogP contribution in [0.3, 0.4) is 0 Å². The Morgan fingerprint density at radius 1 is 0.162 bits per heavy atom.